The average molecular weight is 306 g/mol. The van der Waals surface area contributed by atoms with Gasteiger partial charge in [-0.15, -0.1) is 11.8 Å². The maximum atomic E-state index is 12.4. The van der Waals surface area contributed by atoms with Gasteiger partial charge in [-0.25, -0.2) is 0 Å². The fourth-order valence-corrected chi connectivity index (χ4v) is 5.14. The van der Waals surface area contributed by atoms with Crippen molar-refractivity contribution in [3.8, 4) is 0 Å². The van der Waals surface area contributed by atoms with Crippen molar-refractivity contribution >= 4 is 23.4 Å². The molecule has 1 N–H and O–H groups in total. The van der Waals surface area contributed by atoms with Crippen LogP contribution in [0.3, 0.4) is 0 Å². The third-order valence-electron chi connectivity index (χ3n) is 4.58. The van der Waals surface area contributed by atoms with Crippen LogP contribution in [0.15, 0.2) is 23.1 Å². The monoisotopic (exact) mass is 306 g/mol. The van der Waals surface area contributed by atoms with Crippen LogP contribution in [0.1, 0.15) is 39.0 Å². The summed E-state index contributed by atoms with van der Waals surface area (Å²) in [5.74, 6) is 0.819. The molecule has 1 saturated heterocycles. The van der Waals surface area contributed by atoms with Gasteiger partial charge in [0.1, 0.15) is 0 Å². The largest absolute Gasteiger partial charge is 0.324 e. The van der Waals surface area contributed by atoms with Gasteiger partial charge in [0.15, 0.2) is 0 Å². The molecule has 2 heterocycles. The molecule has 5 heteroatoms. The standard InChI is InChI=1S/C16H22N2O2S/c1-2-18-10-12(7-8-15(18)19)17-16(20)14-9-11-5-3-4-6-13(11)21-14/h7-8,10-11,13-14H,2-6,9H2,1H3,(H,17,20). The van der Waals surface area contributed by atoms with Crippen LogP contribution >= 0.6 is 11.8 Å². The number of nitrogens with zero attached hydrogens (tertiary/aromatic N) is 1. The highest BCUT2D eigenvalue weighted by Gasteiger charge is 2.39. The molecule has 3 atom stereocenters. The first-order valence-electron chi connectivity index (χ1n) is 7.84. The number of nitrogens with one attached hydrogen (secondary N) is 1. The van der Waals surface area contributed by atoms with Crippen molar-refractivity contribution in [2.45, 2.75) is 56.1 Å². The van der Waals surface area contributed by atoms with Crippen LogP contribution in [-0.4, -0.2) is 21.0 Å². The zero-order chi connectivity index (χ0) is 14.8. The van der Waals surface area contributed by atoms with Gasteiger partial charge in [0.05, 0.1) is 10.9 Å². The van der Waals surface area contributed by atoms with Gasteiger partial charge in [-0.2, -0.15) is 0 Å². The Bertz CT molecular complexity index is 570. The first kappa shape index (κ1) is 14.7. The predicted octanol–water partition coefficient (Wildman–Crippen LogP) is 2.87. The van der Waals surface area contributed by atoms with Crippen LogP contribution in [0, 0.1) is 5.92 Å². The van der Waals surface area contributed by atoms with Crippen LogP contribution in [0.25, 0.3) is 0 Å². The van der Waals surface area contributed by atoms with E-state index in [-0.39, 0.29) is 16.7 Å². The van der Waals surface area contributed by atoms with Gasteiger partial charge in [-0.05, 0) is 38.2 Å². The minimum atomic E-state index is -0.0308. The van der Waals surface area contributed by atoms with E-state index in [0.29, 0.717) is 11.8 Å². The van der Waals surface area contributed by atoms with E-state index in [1.807, 2.05) is 18.7 Å². The number of pyridine rings is 1. The molecule has 0 bridgehead atoms. The molecule has 3 unspecified atom stereocenters. The van der Waals surface area contributed by atoms with Gasteiger partial charge >= 0.3 is 0 Å². The van der Waals surface area contributed by atoms with Gasteiger partial charge < -0.3 is 9.88 Å². The van der Waals surface area contributed by atoms with Gasteiger partial charge in [-0.1, -0.05) is 12.8 Å². The average Bonchev–Trinajstić information content (AvgIpc) is 2.93. The Morgan fingerprint density at radius 2 is 2.19 bits per heavy atom. The molecule has 1 saturated carbocycles. The Balaban J connectivity index is 1.65. The number of carbonyl (C=O) groups excluding carboxylic acids is 1. The summed E-state index contributed by atoms with van der Waals surface area (Å²) in [4.78, 5) is 24.0. The first-order chi connectivity index (χ1) is 10.2. The minimum absolute atomic E-state index is 0.0308. The second-order valence-electron chi connectivity index (χ2n) is 5.97. The zero-order valence-electron chi connectivity index (χ0n) is 12.4. The third kappa shape index (κ3) is 3.18. The summed E-state index contributed by atoms with van der Waals surface area (Å²) in [5, 5.41) is 3.73. The predicted molar refractivity (Wildman–Crippen MR) is 86.7 cm³/mol. The second kappa shape index (κ2) is 6.26. The lowest BCUT2D eigenvalue weighted by atomic mass is 9.86. The SMILES string of the molecule is CCn1cc(NC(=O)C2CC3CCCCC3S2)ccc1=O. The topological polar surface area (TPSA) is 51.1 Å². The number of amides is 1. The molecule has 1 aromatic heterocycles. The molecule has 3 rings (SSSR count). The Morgan fingerprint density at radius 3 is 2.95 bits per heavy atom. The second-order valence-corrected chi connectivity index (χ2v) is 7.42. The summed E-state index contributed by atoms with van der Waals surface area (Å²) in [7, 11) is 0. The molecular weight excluding hydrogens is 284 g/mol. The number of thioether (sulfide) groups is 1. The summed E-state index contributed by atoms with van der Waals surface area (Å²) in [6.07, 6.45) is 7.91. The summed E-state index contributed by atoms with van der Waals surface area (Å²) in [6, 6.07) is 3.21. The van der Waals surface area contributed by atoms with E-state index in [2.05, 4.69) is 5.32 Å². The molecule has 1 amide bonds. The number of aryl methyl sites for hydroxylation is 1. The van der Waals surface area contributed by atoms with E-state index in [1.54, 1.807) is 16.8 Å². The summed E-state index contributed by atoms with van der Waals surface area (Å²) in [5.41, 5.74) is 0.689. The van der Waals surface area contributed by atoms with Crippen LogP contribution in [0.4, 0.5) is 5.69 Å². The number of carbonyl (C=O) groups is 1. The van der Waals surface area contributed by atoms with Crippen molar-refractivity contribution in [1.29, 1.82) is 0 Å². The van der Waals surface area contributed by atoms with Crippen molar-refractivity contribution in [2.75, 3.05) is 5.32 Å². The quantitative estimate of drug-likeness (QED) is 0.934. The molecule has 1 aliphatic carbocycles. The summed E-state index contributed by atoms with van der Waals surface area (Å²) >= 11 is 1.85. The zero-order valence-corrected chi connectivity index (χ0v) is 13.2. The Kier molecular flexibility index (Phi) is 4.38. The molecule has 4 nitrogen and oxygen atoms in total. The van der Waals surface area contributed by atoms with Crippen LogP contribution in [0.5, 0.6) is 0 Å². The van der Waals surface area contributed by atoms with E-state index >= 15 is 0 Å². The van der Waals surface area contributed by atoms with Crippen molar-refractivity contribution in [3.05, 3.63) is 28.7 Å². The lowest BCUT2D eigenvalue weighted by Gasteiger charge is -2.23. The van der Waals surface area contributed by atoms with E-state index in [9.17, 15) is 9.59 Å². The molecule has 1 aromatic rings. The van der Waals surface area contributed by atoms with Crippen molar-refractivity contribution in [3.63, 3.8) is 0 Å². The van der Waals surface area contributed by atoms with Gasteiger partial charge in [-0.3, -0.25) is 9.59 Å². The Hall–Kier alpha value is -1.23. The van der Waals surface area contributed by atoms with E-state index < -0.39 is 0 Å². The molecule has 114 valence electrons. The summed E-state index contributed by atoms with van der Waals surface area (Å²) in [6.45, 7) is 2.54. The fourth-order valence-electron chi connectivity index (χ4n) is 3.41. The highest BCUT2D eigenvalue weighted by atomic mass is 32.2. The van der Waals surface area contributed by atoms with Crippen LogP contribution in [0.2, 0.25) is 0 Å². The van der Waals surface area contributed by atoms with E-state index in [1.165, 1.54) is 31.7 Å². The Morgan fingerprint density at radius 1 is 1.38 bits per heavy atom. The smallest absolute Gasteiger partial charge is 0.250 e. The van der Waals surface area contributed by atoms with E-state index in [0.717, 1.165) is 18.0 Å². The summed E-state index contributed by atoms with van der Waals surface area (Å²) < 4.78 is 1.61. The molecule has 0 aromatic carbocycles. The molecule has 2 fully saturated rings. The molecule has 2 aliphatic rings. The van der Waals surface area contributed by atoms with Crippen LogP contribution in [-0.2, 0) is 11.3 Å². The number of aromatic nitrogens is 1. The number of hydrogen-bond donors (Lipinski definition) is 1. The normalized spacial score (nSPS) is 28.1. The lowest BCUT2D eigenvalue weighted by Crippen LogP contribution is -2.25. The molecule has 0 spiro atoms. The number of hydrogen-bond acceptors (Lipinski definition) is 3. The van der Waals surface area contributed by atoms with Gasteiger partial charge in [0.2, 0.25) is 5.91 Å². The first-order valence-corrected chi connectivity index (χ1v) is 8.78. The number of rotatable bonds is 3. The van der Waals surface area contributed by atoms with Crippen molar-refractivity contribution in [1.82, 2.24) is 4.57 Å². The number of fused-ring (bicyclic) bond motifs is 1. The highest BCUT2D eigenvalue weighted by molar-refractivity contribution is 8.01. The van der Waals surface area contributed by atoms with Crippen molar-refractivity contribution in [2.24, 2.45) is 5.92 Å². The minimum Gasteiger partial charge on any atom is -0.324 e. The lowest BCUT2D eigenvalue weighted by molar-refractivity contribution is -0.115. The highest BCUT2D eigenvalue weighted by Crippen LogP contribution is 2.46. The van der Waals surface area contributed by atoms with Gasteiger partial charge in [0.25, 0.3) is 5.56 Å². The van der Waals surface area contributed by atoms with Crippen LogP contribution < -0.4 is 10.9 Å². The number of anilines is 1. The fraction of sp³-hybridized carbons (Fsp3) is 0.625. The van der Waals surface area contributed by atoms with Crippen molar-refractivity contribution < 1.29 is 4.79 Å². The molecule has 21 heavy (non-hydrogen) atoms. The molecule has 1 aliphatic heterocycles. The maximum Gasteiger partial charge on any atom is 0.250 e. The van der Waals surface area contributed by atoms with Gasteiger partial charge in [0, 0.05) is 24.1 Å². The third-order valence-corrected chi connectivity index (χ3v) is 6.28. The molecule has 0 radical (unpaired) electrons. The van der Waals surface area contributed by atoms with E-state index in [4.69, 9.17) is 0 Å². The Labute approximate surface area is 129 Å². The molecular formula is C16H22N2O2S. The maximum absolute atomic E-state index is 12.4.